The van der Waals surface area contributed by atoms with Crippen molar-refractivity contribution in [2.45, 2.75) is 64.7 Å². The molecule has 0 saturated carbocycles. The van der Waals surface area contributed by atoms with Crippen molar-refractivity contribution in [3.05, 3.63) is 16.2 Å². The summed E-state index contributed by atoms with van der Waals surface area (Å²) in [4.78, 5) is 13.3. The number of aryl methyl sites for hydroxylation is 1. The number of H-pyrrole nitrogens is 1. The molecule has 0 radical (unpaired) electrons. The second-order valence-corrected chi connectivity index (χ2v) is 4.52. The molecule has 17 heavy (non-hydrogen) atoms. The smallest absolute Gasteiger partial charge is 0.419 e. The summed E-state index contributed by atoms with van der Waals surface area (Å²) in [6.07, 6.45) is 10.6. The first-order valence-corrected chi connectivity index (χ1v) is 6.65. The highest BCUT2D eigenvalue weighted by Gasteiger charge is 2.06. The van der Waals surface area contributed by atoms with Crippen LogP contribution in [0, 0.1) is 0 Å². The van der Waals surface area contributed by atoms with Crippen LogP contribution in [0.2, 0.25) is 0 Å². The Bertz CT molecular complexity index is 354. The molecule has 2 N–H and O–H groups in total. The molecule has 0 atom stereocenters. The van der Waals surface area contributed by atoms with E-state index in [0.29, 0.717) is 12.1 Å². The lowest BCUT2D eigenvalue weighted by Gasteiger charge is -2.00. The van der Waals surface area contributed by atoms with Crippen LogP contribution in [-0.4, -0.2) is 10.1 Å². The number of aromatic amines is 1. The average molecular weight is 241 g/mol. The molecular weight excluding hydrogens is 218 g/mol. The zero-order valence-electron chi connectivity index (χ0n) is 10.6. The van der Waals surface area contributed by atoms with Gasteiger partial charge in [-0.1, -0.05) is 51.9 Å². The molecule has 4 heteroatoms. The van der Waals surface area contributed by atoms with Crippen molar-refractivity contribution in [1.29, 1.82) is 0 Å². The van der Waals surface area contributed by atoms with Crippen LogP contribution in [0.1, 0.15) is 64.0 Å². The molecule has 1 rings (SSSR count). The monoisotopic (exact) mass is 241 g/mol. The molecule has 0 aliphatic heterocycles. The largest absolute Gasteiger partial charge is 0.479 e. The quantitative estimate of drug-likeness (QED) is 0.651. The summed E-state index contributed by atoms with van der Waals surface area (Å²) in [6.45, 7) is 2.22. The third-order valence-corrected chi connectivity index (χ3v) is 2.98. The van der Waals surface area contributed by atoms with Crippen LogP contribution >= 0.6 is 0 Å². The number of hydrogen-bond donors (Lipinski definition) is 2. The van der Waals surface area contributed by atoms with Gasteiger partial charge in [0.15, 0.2) is 0 Å². The van der Waals surface area contributed by atoms with E-state index in [1.54, 1.807) is 0 Å². The standard InChI is InChI=1S/C13H23NO3/c1-2-3-4-5-6-7-8-9-10-11-12(15)17-13(16)14-11/h15H,2-10H2,1H3,(H,14,16). The lowest BCUT2D eigenvalue weighted by atomic mass is 10.1. The molecule has 1 aromatic heterocycles. The predicted molar refractivity (Wildman–Crippen MR) is 67.3 cm³/mol. The summed E-state index contributed by atoms with van der Waals surface area (Å²) in [6, 6.07) is 0. The van der Waals surface area contributed by atoms with Gasteiger partial charge in [0.05, 0.1) is 0 Å². The number of aromatic nitrogens is 1. The minimum absolute atomic E-state index is 0.252. The fourth-order valence-electron chi connectivity index (χ4n) is 1.96. The van der Waals surface area contributed by atoms with E-state index in [2.05, 4.69) is 16.3 Å². The van der Waals surface area contributed by atoms with Crippen LogP contribution in [0.3, 0.4) is 0 Å². The van der Waals surface area contributed by atoms with E-state index in [-0.39, 0.29) is 5.95 Å². The van der Waals surface area contributed by atoms with Crippen LogP contribution in [0.5, 0.6) is 5.95 Å². The van der Waals surface area contributed by atoms with E-state index >= 15 is 0 Å². The Balaban J connectivity index is 2.01. The van der Waals surface area contributed by atoms with E-state index in [0.717, 1.165) is 12.8 Å². The third-order valence-electron chi connectivity index (χ3n) is 2.98. The van der Waals surface area contributed by atoms with Gasteiger partial charge < -0.3 is 9.52 Å². The van der Waals surface area contributed by atoms with Gasteiger partial charge in [-0.2, -0.15) is 0 Å². The predicted octanol–water partition coefficient (Wildman–Crippen LogP) is 3.36. The summed E-state index contributed by atoms with van der Waals surface area (Å²) in [5, 5.41) is 9.23. The van der Waals surface area contributed by atoms with Crippen molar-refractivity contribution < 1.29 is 9.52 Å². The Morgan fingerprint density at radius 2 is 1.65 bits per heavy atom. The second-order valence-electron chi connectivity index (χ2n) is 4.52. The van der Waals surface area contributed by atoms with Crippen molar-refractivity contribution in [1.82, 2.24) is 4.98 Å². The van der Waals surface area contributed by atoms with Gasteiger partial charge in [0.2, 0.25) is 0 Å². The molecule has 0 aliphatic carbocycles. The normalized spacial score (nSPS) is 10.9. The Morgan fingerprint density at radius 3 is 2.18 bits per heavy atom. The Hall–Kier alpha value is -1.19. The Labute approximate surface area is 102 Å². The molecule has 0 amide bonds. The molecule has 0 unspecified atom stereocenters. The number of hydrogen-bond acceptors (Lipinski definition) is 3. The van der Waals surface area contributed by atoms with Gasteiger partial charge in [0.25, 0.3) is 0 Å². The van der Waals surface area contributed by atoms with Crippen LogP contribution in [0.15, 0.2) is 9.21 Å². The van der Waals surface area contributed by atoms with Crippen molar-refractivity contribution in [3.63, 3.8) is 0 Å². The van der Waals surface area contributed by atoms with Crippen LogP contribution in [-0.2, 0) is 6.42 Å². The lowest BCUT2D eigenvalue weighted by molar-refractivity contribution is 0.315. The topological polar surface area (TPSA) is 66.2 Å². The van der Waals surface area contributed by atoms with Gasteiger partial charge in [-0.3, -0.25) is 4.98 Å². The molecule has 1 aromatic rings. The summed E-state index contributed by atoms with van der Waals surface area (Å²) >= 11 is 0. The highest BCUT2D eigenvalue weighted by atomic mass is 16.5. The van der Waals surface area contributed by atoms with Gasteiger partial charge in [0, 0.05) is 0 Å². The van der Waals surface area contributed by atoms with Gasteiger partial charge in [-0.25, -0.2) is 4.79 Å². The first-order valence-electron chi connectivity index (χ1n) is 6.65. The highest BCUT2D eigenvalue weighted by Crippen LogP contribution is 2.15. The molecule has 0 aromatic carbocycles. The summed E-state index contributed by atoms with van der Waals surface area (Å²) in [5.41, 5.74) is 0.529. The second kappa shape index (κ2) is 7.98. The first-order chi connectivity index (χ1) is 8.24. The number of rotatable bonds is 9. The number of unbranched alkanes of at least 4 members (excludes halogenated alkanes) is 7. The maximum atomic E-state index is 10.8. The summed E-state index contributed by atoms with van der Waals surface area (Å²) < 4.78 is 4.48. The Kier molecular flexibility index (Phi) is 6.51. The number of nitrogens with one attached hydrogen (secondary N) is 1. The zero-order chi connectivity index (χ0) is 12.5. The summed E-state index contributed by atoms with van der Waals surface area (Å²) in [5.74, 6) is -0.824. The molecule has 0 spiro atoms. The molecule has 0 fully saturated rings. The van der Waals surface area contributed by atoms with Crippen molar-refractivity contribution >= 4 is 0 Å². The maximum absolute atomic E-state index is 10.8. The first kappa shape index (κ1) is 13.9. The van der Waals surface area contributed by atoms with E-state index in [9.17, 15) is 9.90 Å². The fraction of sp³-hybridized carbons (Fsp3) is 0.769. The summed E-state index contributed by atoms with van der Waals surface area (Å²) in [7, 11) is 0. The third kappa shape index (κ3) is 5.61. The van der Waals surface area contributed by atoms with Gasteiger partial charge in [-0.05, 0) is 12.8 Å². The molecule has 0 saturated heterocycles. The molecule has 0 bridgehead atoms. The number of oxazole rings is 1. The van der Waals surface area contributed by atoms with Crippen molar-refractivity contribution in [2.24, 2.45) is 0 Å². The Morgan fingerprint density at radius 1 is 1.06 bits per heavy atom. The minimum Gasteiger partial charge on any atom is -0.479 e. The molecular formula is C13H23NO3. The maximum Gasteiger partial charge on any atom is 0.419 e. The van der Waals surface area contributed by atoms with Crippen LogP contribution < -0.4 is 5.76 Å². The van der Waals surface area contributed by atoms with E-state index in [1.807, 2.05) is 0 Å². The fourth-order valence-corrected chi connectivity index (χ4v) is 1.96. The average Bonchev–Trinajstić information content (AvgIpc) is 2.61. The molecule has 0 aliphatic rings. The number of aromatic hydroxyl groups is 1. The van der Waals surface area contributed by atoms with Crippen LogP contribution in [0.4, 0.5) is 0 Å². The van der Waals surface area contributed by atoms with E-state index in [4.69, 9.17) is 0 Å². The van der Waals surface area contributed by atoms with E-state index < -0.39 is 5.76 Å². The van der Waals surface area contributed by atoms with Crippen LogP contribution in [0.25, 0.3) is 0 Å². The highest BCUT2D eigenvalue weighted by molar-refractivity contribution is 5.11. The van der Waals surface area contributed by atoms with Gasteiger partial charge in [0.1, 0.15) is 5.69 Å². The minimum atomic E-state index is -0.572. The van der Waals surface area contributed by atoms with Gasteiger partial charge >= 0.3 is 11.7 Å². The van der Waals surface area contributed by atoms with E-state index in [1.165, 1.54) is 38.5 Å². The molecule has 1 heterocycles. The molecule has 98 valence electrons. The van der Waals surface area contributed by atoms with Gasteiger partial charge in [-0.15, -0.1) is 0 Å². The van der Waals surface area contributed by atoms with Crippen molar-refractivity contribution in [2.75, 3.05) is 0 Å². The SMILES string of the molecule is CCCCCCCCCCc1[nH]c(=O)oc1O. The molecule has 4 nitrogen and oxygen atoms in total. The zero-order valence-corrected chi connectivity index (χ0v) is 10.6. The lowest BCUT2D eigenvalue weighted by Crippen LogP contribution is -1.97. The van der Waals surface area contributed by atoms with Crippen molar-refractivity contribution in [3.8, 4) is 5.95 Å².